The SMILES string of the molecule is CSP(=S)(S)S. The summed E-state index contributed by atoms with van der Waals surface area (Å²) in [7, 11) is 0. The van der Waals surface area contributed by atoms with Crippen LogP contribution in [0.1, 0.15) is 0 Å². The molecule has 0 rings (SSSR count). The zero-order chi connectivity index (χ0) is 5.21. The molecule has 0 bridgehead atoms. The second-order valence-electron chi connectivity index (χ2n) is 0.673. The van der Waals surface area contributed by atoms with Crippen LogP contribution in [0.15, 0.2) is 0 Å². The first-order valence-corrected chi connectivity index (χ1v) is 8.11. The normalized spacial score (nSPS) is 11.8. The van der Waals surface area contributed by atoms with Gasteiger partial charge in [-0.3, -0.25) is 0 Å². The summed E-state index contributed by atoms with van der Waals surface area (Å²) < 4.78 is -1.51. The molecule has 0 N–H and O–H groups in total. The van der Waals surface area contributed by atoms with E-state index in [-0.39, 0.29) is 0 Å². The summed E-state index contributed by atoms with van der Waals surface area (Å²) in [6, 6.07) is 0. The van der Waals surface area contributed by atoms with Gasteiger partial charge < -0.3 is 0 Å². The summed E-state index contributed by atoms with van der Waals surface area (Å²) in [6.07, 6.45) is 1.92. The van der Waals surface area contributed by atoms with E-state index in [1.54, 1.807) is 0 Å². The number of hydrogen-bond donors (Lipinski definition) is 2. The predicted molar refractivity (Wildman–Crippen MR) is 45.8 cm³/mol. The van der Waals surface area contributed by atoms with Crippen LogP contribution in [0.5, 0.6) is 0 Å². The second-order valence-corrected chi connectivity index (χ2v) is 14.9. The van der Waals surface area contributed by atoms with Crippen molar-refractivity contribution in [3.8, 4) is 0 Å². The van der Waals surface area contributed by atoms with Gasteiger partial charge in [0.2, 0.25) is 0 Å². The first kappa shape index (κ1) is 7.70. The van der Waals surface area contributed by atoms with Gasteiger partial charge in [0.25, 0.3) is 0 Å². The van der Waals surface area contributed by atoms with Crippen LogP contribution in [0, 0.1) is 0 Å². The van der Waals surface area contributed by atoms with Crippen molar-refractivity contribution in [1.82, 2.24) is 0 Å². The summed E-state index contributed by atoms with van der Waals surface area (Å²) in [5.41, 5.74) is 0. The van der Waals surface area contributed by atoms with Crippen LogP contribution in [0.3, 0.4) is 0 Å². The Morgan fingerprint density at radius 1 is 1.67 bits per heavy atom. The van der Waals surface area contributed by atoms with E-state index >= 15 is 0 Å². The molecular weight excluding hydrogens is 171 g/mol. The Morgan fingerprint density at radius 3 is 1.83 bits per heavy atom. The van der Waals surface area contributed by atoms with Crippen LogP contribution in [0.4, 0.5) is 0 Å². The molecule has 0 aliphatic rings. The molecule has 0 atom stereocenters. The van der Waals surface area contributed by atoms with Crippen LogP contribution in [-0.2, 0) is 11.8 Å². The fraction of sp³-hybridized carbons (Fsp3) is 1.00. The van der Waals surface area contributed by atoms with Crippen molar-refractivity contribution in [3.05, 3.63) is 0 Å². The van der Waals surface area contributed by atoms with Gasteiger partial charge in [0.15, 0.2) is 0 Å². The lowest BCUT2D eigenvalue weighted by Crippen LogP contribution is -1.36. The van der Waals surface area contributed by atoms with Crippen LogP contribution < -0.4 is 0 Å². The highest BCUT2D eigenvalue weighted by molar-refractivity contribution is 9.17. The highest BCUT2D eigenvalue weighted by atomic mass is 33.5. The lowest BCUT2D eigenvalue weighted by Gasteiger charge is -1.97. The summed E-state index contributed by atoms with van der Waals surface area (Å²) in [5.74, 6) is 0. The van der Waals surface area contributed by atoms with E-state index < -0.39 is 3.64 Å². The lowest BCUT2D eigenvalue weighted by molar-refractivity contribution is 2.54. The standard InChI is InChI=1S/CH5PS4/c1-6-2(3,4)5/h1H3,(H2,3,4,5). The van der Waals surface area contributed by atoms with Crippen LogP contribution in [0.2, 0.25) is 0 Å². The molecule has 0 nitrogen and oxygen atoms in total. The second kappa shape index (κ2) is 2.88. The van der Waals surface area contributed by atoms with E-state index in [4.69, 9.17) is 11.8 Å². The maximum Gasteiger partial charge on any atom is 0.103 e. The summed E-state index contributed by atoms with van der Waals surface area (Å²) in [4.78, 5) is 0. The van der Waals surface area contributed by atoms with E-state index in [1.807, 2.05) is 6.26 Å². The molecule has 5 heteroatoms. The Balaban J connectivity index is 3.48. The molecule has 0 spiro atoms. The number of hydrogen-bond acceptors (Lipinski definition) is 2. The molecule has 6 heavy (non-hydrogen) atoms. The molecule has 0 aromatic rings. The smallest absolute Gasteiger partial charge is 0.103 e. The fourth-order valence-electron chi connectivity index (χ4n) is 0. The van der Waals surface area contributed by atoms with Crippen molar-refractivity contribution in [1.29, 1.82) is 0 Å². The Hall–Kier alpha value is 1.70. The fourth-order valence-corrected chi connectivity index (χ4v) is 0. The molecule has 0 unspecified atom stereocenters. The minimum Gasteiger partial charge on any atom is -0.122 e. The van der Waals surface area contributed by atoms with E-state index in [2.05, 4.69) is 24.5 Å². The first-order chi connectivity index (χ1) is 2.56. The number of rotatable bonds is 1. The zero-order valence-corrected chi connectivity index (χ0v) is 7.47. The Bertz CT molecular complexity index is 71.6. The molecule has 0 aliphatic carbocycles. The van der Waals surface area contributed by atoms with Gasteiger partial charge in [0, 0.05) is 0 Å². The maximum absolute atomic E-state index is 4.79. The molecule has 0 saturated heterocycles. The van der Waals surface area contributed by atoms with Crippen LogP contribution in [-0.4, -0.2) is 6.26 Å². The van der Waals surface area contributed by atoms with Crippen molar-refractivity contribution in [3.63, 3.8) is 0 Å². The van der Waals surface area contributed by atoms with E-state index in [0.29, 0.717) is 0 Å². The summed E-state index contributed by atoms with van der Waals surface area (Å²) in [5, 5.41) is 0. The van der Waals surface area contributed by atoms with Gasteiger partial charge in [-0.25, -0.2) is 0 Å². The summed E-state index contributed by atoms with van der Waals surface area (Å²) >= 11 is 14.3. The average Bonchev–Trinajstić information content (AvgIpc) is 1.35. The van der Waals surface area contributed by atoms with E-state index in [0.717, 1.165) is 0 Å². The number of thiol groups is 2. The molecule has 0 saturated carbocycles. The van der Waals surface area contributed by atoms with Crippen molar-refractivity contribution in [2.24, 2.45) is 0 Å². The van der Waals surface area contributed by atoms with Gasteiger partial charge >= 0.3 is 0 Å². The molecule has 0 aromatic heterocycles. The van der Waals surface area contributed by atoms with Crippen LogP contribution >= 0.6 is 39.5 Å². The molecule has 0 aromatic carbocycles. The van der Waals surface area contributed by atoms with Crippen molar-refractivity contribution in [2.45, 2.75) is 0 Å². The van der Waals surface area contributed by atoms with Gasteiger partial charge in [-0.05, 0) is 6.26 Å². The van der Waals surface area contributed by atoms with Crippen LogP contribution in [0.25, 0.3) is 0 Å². The minimum atomic E-state index is -1.51. The van der Waals surface area contributed by atoms with Gasteiger partial charge in [-0.1, -0.05) is 11.8 Å². The Morgan fingerprint density at radius 2 is 1.83 bits per heavy atom. The van der Waals surface area contributed by atoms with Crippen molar-refractivity contribution < 1.29 is 0 Å². The largest absolute Gasteiger partial charge is 0.122 e. The van der Waals surface area contributed by atoms with Gasteiger partial charge in [0.1, 0.15) is 3.64 Å². The predicted octanol–water partition coefficient (Wildman–Crippen LogP) is 2.43. The molecule has 0 aliphatic heterocycles. The Kier molecular flexibility index (Phi) is 3.69. The topological polar surface area (TPSA) is 0 Å². The van der Waals surface area contributed by atoms with Gasteiger partial charge in [0.05, 0.1) is 0 Å². The van der Waals surface area contributed by atoms with Crippen molar-refractivity contribution >= 4 is 51.3 Å². The summed E-state index contributed by atoms with van der Waals surface area (Å²) in [6.45, 7) is 0. The monoisotopic (exact) mass is 176 g/mol. The molecule has 0 amide bonds. The van der Waals surface area contributed by atoms with E-state index in [9.17, 15) is 0 Å². The highest BCUT2D eigenvalue weighted by Gasteiger charge is 1.96. The minimum absolute atomic E-state index is 1.51. The first-order valence-electron chi connectivity index (χ1n) is 1.17. The third kappa shape index (κ3) is 5.70. The molecule has 0 heterocycles. The average molecular weight is 176 g/mol. The zero-order valence-electron chi connectivity index (χ0n) is 3.16. The lowest BCUT2D eigenvalue weighted by atomic mass is 12.0. The molecule has 0 fully saturated rings. The van der Waals surface area contributed by atoms with Gasteiger partial charge in [-0.15, -0.1) is 35.9 Å². The molecule has 38 valence electrons. The maximum atomic E-state index is 4.79. The molecule has 0 radical (unpaired) electrons. The third-order valence-corrected chi connectivity index (χ3v) is 6.42. The molecular formula is CH5PS4. The third-order valence-electron chi connectivity index (χ3n) is 0.238. The highest BCUT2D eigenvalue weighted by Crippen LogP contribution is 2.65. The van der Waals surface area contributed by atoms with Crippen molar-refractivity contribution in [2.75, 3.05) is 6.26 Å². The van der Waals surface area contributed by atoms with E-state index in [1.165, 1.54) is 11.4 Å². The quantitative estimate of drug-likeness (QED) is 0.465. The Labute approximate surface area is 57.5 Å². The van der Waals surface area contributed by atoms with Gasteiger partial charge in [-0.2, -0.15) is 0 Å².